The van der Waals surface area contributed by atoms with Gasteiger partial charge in [-0.1, -0.05) is 28.6 Å². The van der Waals surface area contributed by atoms with Crippen LogP contribution in [0.3, 0.4) is 0 Å². The van der Waals surface area contributed by atoms with Crippen molar-refractivity contribution in [1.82, 2.24) is 14.1 Å². The highest BCUT2D eigenvalue weighted by Crippen LogP contribution is 2.47. The minimum Gasteiger partial charge on any atom is -0.493 e. The van der Waals surface area contributed by atoms with Gasteiger partial charge in [0, 0.05) is 11.5 Å². The van der Waals surface area contributed by atoms with E-state index in [-0.39, 0.29) is 10.7 Å². The number of rotatable bonds is 8. The van der Waals surface area contributed by atoms with Gasteiger partial charge < -0.3 is 14.2 Å². The Kier molecular flexibility index (Phi) is 6.72. The van der Waals surface area contributed by atoms with Crippen molar-refractivity contribution in [3.8, 4) is 11.5 Å². The van der Waals surface area contributed by atoms with Gasteiger partial charge in [-0.05, 0) is 24.5 Å². The molecule has 3 aromatic rings. The van der Waals surface area contributed by atoms with Gasteiger partial charge in [-0.25, -0.2) is 18.4 Å². The summed E-state index contributed by atoms with van der Waals surface area (Å²) in [6.07, 6.45) is -2.31. The summed E-state index contributed by atoms with van der Waals surface area (Å²) in [6.45, 7) is 0. The number of anilines is 1. The third kappa shape index (κ3) is 5.53. The largest absolute Gasteiger partial charge is 0.493 e. The molecular formula is C19H21F3N4O4S2. The van der Waals surface area contributed by atoms with Crippen molar-refractivity contribution in [1.29, 1.82) is 0 Å². The van der Waals surface area contributed by atoms with Crippen LogP contribution in [0.15, 0.2) is 53.7 Å². The molecule has 0 amide bonds. The molecule has 13 heteroatoms. The van der Waals surface area contributed by atoms with E-state index < -0.39 is 32.4 Å². The fourth-order valence-corrected chi connectivity index (χ4v) is 7.54. The molecule has 8 nitrogen and oxygen atoms in total. The minimum atomic E-state index is -4.65. The molecule has 2 N–H and O–H groups in total. The van der Waals surface area contributed by atoms with Crippen molar-refractivity contribution in [2.24, 2.45) is 0 Å². The predicted molar refractivity (Wildman–Crippen MR) is 117 cm³/mol. The molecule has 0 saturated carbocycles. The van der Waals surface area contributed by atoms with Crippen LogP contribution in [0.5, 0.6) is 11.5 Å². The van der Waals surface area contributed by atoms with Crippen LogP contribution in [0.1, 0.15) is 0 Å². The molecule has 0 aliphatic carbocycles. The number of nitrogens with one attached hydrogen (secondary N) is 2. The minimum absolute atomic E-state index is 0.0217. The Morgan fingerprint density at radius 1 is 1.00 bits per heavy atom. The molecule has 32 heavy (non-hydrogen) atoms. The van der Waals surface area contributed by atoms with E-state index in [4.69, 9.17) is 9.47 Å². The number of halogens is 3. The van der Waals surface area contributed by atoms with E-state index in [1.807, 2.05) is 0 Å². The lowest BCUT2D eigenvalue weighted by molar-refractivity contribution is -0.105. The average Bonchev–Trinajstić information content (AvgIpc) is 2.71. The number of alkyl halides is 3. The first-order valence-corrected chi connectivity index (χ1v) is 12.7. The number of methoxy groups -OCH3 is 2. The second kappa shape index (κ2) is 9.00. The summed E-state index contributed by atoms with van der Waals surface area (Å²) in [7, 11) is -4.66. The average molecular weight is 491 g/mol. The first-order chi connectivity index (χ1) is 15.0. The van der Waals surface area contributed by atoms with Gasteiger partial charge in [0.15, 0.2) is 11.5 Å². The Labute approximate surface area is 184 Å². The molecule has 1 heterocycles. The maximum Gasteiger partial charge on any atom is 0.399 e. The standard InChI is InChI=1S/C19H21F3N4O4S2/c1-29-16-9-14-15(10-17(16)30-2)23-12-24-18(14)25-31(3,11-19(20,21)22)26-32(27,28)13-7-5-4-6-8-13/h4-10,12,26H,11H2,1-3H3,(H,23,24,25). The van der Waals surface area contributed by atoms with Crippen LogP contribution >= 0.6 is 10.4 Å². The second-order valence-corrected chi connectivity index (χ2v) is 11.6. The fraction of sp³-hybridized carbons (Fsp3) is 0.263. The van der Waals surface area contributed by atoms with Gasteiger partial charge in [0.2, 0.25) is 10.0 Å². The molecule has 1 unspecified atom stereocenters. The highest BCUT2D eigenvalue weighted by atomic mass is 32.3. The maximum absolute atomic E-state index is 13.4. The van der Waals surface area contributed by atoms with Crippen molar-refractivity contribution < 1.29 is 31.1 Å². The van der Waals surface area contributed by atoms with E-state index in [0.29, 0.717) is 22.4 Å². The second-order valence-electron chi connectivity index (χ2n) is 6.80. The number of nitrogens with zero attached hydrogens (tertiary/aromatic N) is 2. The summed E-state index contributed by atoms with van der Waals surface area (Å²) in [4.78, 5) is 8.02. The number of aromatic nitrogens is 2. The van der Waals surface area contributed by atoms with Crippen LogP contribution in [-0.4, -0.2) is 50.8 Å². The van der Waals surface area contributed by atoms with Crippen LogP contribution in [-0.2, 0) is 10.0 Å². The molecule has 0 bridgehead atoms. The topological polar surface area (TPSA) is 102 Å². The van der Waals surface area contributed by atoms with Gasteiger partial charge in [0.1, 0.15) is 17.9 Å². The van der Waals surface area contributed by atoms with Gasteiger partial charge in [-0.2, -0.15) is 17.3 Å². The summed E-state index contributed by atoms with van der Waals surface area (Å²) in [5, 5.41) is 0.338. The Morgan fingerprint density at radius 3 is 2.22 bits per heavy atom. The normalized spacial score (nSPS) is 15.1. The summed E-state index contributed by atoms with van der Waals surface area (Å²) in [5.74, 6) is -0.714. The zero-order chi connectivity index (χ0) is 23.6. The molecule has 2 aromatic carbocycles. The van der Waals surface area contributed by atoms with Gasteiger partial charge in [0.25, 0.3) is 0 Å². The van der Waals surface area contributed by atoms with Crippen LogP contribution < -0.4 is 18.3 Å². The zero-order valence-electron chi connectivity index (χ0n) is 17.3. The molecule has 0 aliphatic heterocycles. The number of fused-ring (bicyclic) bond motifs is 1. The van der Waals surface area contributed by atoms with E-state index in [2.05, 4.69) is 18.8 Å². The highest BCUT2D eigenvalue weighted by molar-refractivity contribution is 8.36. The molecular weight excluding hydrogens is 469 g/mol. The maximum atomic E-state index is 13.4. The van der Waals surface area contributed by atoms with E-state index in [1.165, 1.54) is 50.8 Å². The van der Waals surface area contributed by atoms with Crippen molar-refractivity contribution in [2.45, 2.75) is 11.1 Å². The Bertz CT molecular complexity index is 1210. The van der Waals surface area contributed by atoms with Crippen molar-refractivity contribution >= 4 is 37.1 Å². The monoisotopic (exact) mass is 490 g/mol. The molecule has 174 valence electrons. The van der Waals surface area contributed by atoms with Gasteiger partial charge in [0.05, 0.1) is 24.6 Å². The lowest BCUT2D eigenvalue weighted by Gasteiger charge is -2.38. The molecule has 1 aromatic heterocycles. The number of hydrogen-bond acceptors (Lipinski definition) is 7. The molecule has 0 radical (unpaired) electrons. The number of benzene rings is 2. The van der Waals surface area contributed by atoms with Gasteiger partial charge in [-0.3, -0.25) is 0 Å². The molecule has 0 spiro atoms. The van der Waals surface area contributed by atoms with Gasteiger partial charge >= 0.3 is 6.18 Å². The van der Waals surface area contributed by atoms with Crippen LogP contribution in [0.2, 0.25) is 0 Å². The van der Waals surface area contributed by atoms with Crippen LogP contribution in [0.25, 0.3) is 10.9 Å². The Hall–Kier alpha value is -2.77. The van der Waals surface area contributed by atoms with Crippen molar-refractivity contribution in [3.63, 3.8) is 0 Å². The summed E-state index contributed by atoms with van der Waals surface area (Å²) in [6, 6.07) is 10.2. The zero-order valence-corrected chi connectivity index (χ0v) is 18.9. The molecule has 0 saturated heterocycles. The Balaban J connectivity index is 2.07. The molecule has 0 fully saturated rings. The van der Waals surface area contributed by atoms with Gasteiger partial charge in [-0.15, -0.1) is 0 Å². The molecule has 1 atom stereocenters. The Morgan fingerprint density at radius 2 is 1.62 bits per heavy atom. The number of hydrogen-bond donors (Lipinski definition) is 2. The van der Waals surface area contributed by atoms with E-state index in [1.54, 1.807) is 12.1 Å². The third-order valence-electron chi connectivity index (χ3n) is 4.26. The lowest BCUT2D eigenvalue weighted by atomic mass is 10.2. The van der Waals surface area contributed by atoms with E-state index in [0.717, 1.165) is 6.33 Å². The lowest BCUT2D eigenvalue weighted by Crippen LogP contribution is -2.38. The number of sulfonamides is 1. The van der Waals surface area contributed by atoms with Crippen LogP contribution in [0, 0.1) is 0 Å². The van der Waals surface area contributed by atoms with Crippen LogP contribution in [0.4, 0.5) is 19.0 Å². The fourth-order valence-electron chi connectivity index (χ4n) is 2.98. The smallest absolute Gasteiger partial charge is 0.399 e. The molecule has 0 aliphatic rings. The first kappa shape index (κ1) is 23.9. The molecule has 3 rings (SSSR count). The summed E-state index contributed by atoms with van der Waals surface area (Å²) in [5.41, 5.74) is 0.375. The summed E-state index contributed by atoms with van der Waals surface area (Å²) < 4.78 is 81.3. The number of ether oxygens (including phenoxy) is 2. The highest BCUT2D eigenvalue weighted by Gasteiger charge is 2.39. The van der Waals surface area contributed by atoms with E-state index >= 15 is 0 Å². The van der Waals surface area contributed by atoms with E-state index in [9.17, 15) is 21.6 Å². The SMILES string of the molecule is COc1cc2ncnc(NS(C)(CC(F)(F)F)NS(=O)(=O)c3ccccc3)c2cc1OC. The quantitative estimate of drug-likeness (QED) is 0.494. The first-order valence-electron chi connectivity index (χ1n) is 9.02. The van der Waals surface area contributed by atoms with Crippen molar-refractivity contribution in [3.05, 3.63) is 48.8 Å². The predicted octanol–water partition coefficient (Wildman–Crippen LogP) is 3.86. The summed E-state index contributed by atoms with van der Waals surface area (Å²) >= 11 is 0. The third-order valence-corrected chi connectivity index (χ3v) is 9.05. The van der Waals surface area contributed by atoms with Crippen molar-refractivity contribution in [2.75, 3.05) is 31.0 Å².